The molecule has 1 atom stereocenters. The van der Waals surface area contributed by atoms with Crippen molar-refractivity contribution in [2.45, 2.75) is 18.9 Å². The molecule has 1 N–H and O–H groups in total. The third kappa shape index (κ3) is 5.84. The van der Waals surface area contributed by atoms with Crippen LogP contribution in [0.3, 0.4) is 0 Å². The van der Waals surface area contributed by atoms with Gasteiger partial charge in [-0.15, -0.1) is 10.2 Å². The van der Waals surface area contributed by atoms with Crippen LogP contribution in [0.5, 0.6) is 11.6 Å². The summed E-state index contributed by atoms with van der Waals surface area (Å²) in [5.74, 6) is 0.708. The van der Waals surface area contributed by atoms with Crippen molar-refractivity contribution in [1.29, 1.82) is 0 Å². The second-order valence-electron chi connectivity index (χ2n) is 8.03. The Morgan fingerprint density at radius 1 is 1.03 bits per heavy atom. The summed E-state index contributed by atoms with van der Waals surface area (Å²) in [5.41, 5.74) is 1.62. The van der Waals surface area contributed by atoms with Gasteiger partial charge >= 0.3 is 6.03 Å². The van der Waals surface area contributed by atoms with Gasteiger partial charge in [-0.05, 0) is 54.4 Å². The first-order valence-electron chi connectivity index (χ1n) is 11.1. The van der Waals surface area contributed by atoms with Crippen LogP contribution in [0.25, 0.3) is 0 Å². The summed E-state index contributed by atoms with van der Waals surface area (Å²) in [5, 5.41) is 10.5. The van der Waals surface area contributed by atoms with Crippen LogP contribution in [0.15, 0.2) is 60.7 Å². The summed E-state index contributed by atoms with van der Waals surface area (Å²) in [4.78, 5) is 29.3. The largest absolute Gasteiger partial charge is 0.497 e. The van der Waals surface area contributed by atoms with E-state index in [1.807, 2.05) is 24.3 Å². The van der Waals surface area contributed by atoms with Crippen LogP contribution in [0.4, 0.5) is 20.7 Å². The Bertz CT molecular complexity index is 1160. The maximum atomic E-state index is 13.4. The molecule has 1 aromatic heterocycles. The van der Waals surface area contributed by atoms with E-state index in [4.69, 9.17) is 9.47 Å². The van der Waals surface area contributed by atoms with E-state index in [-0.39, 0.29) is 30.2 Å². The molecule has 1 aliphatic heterocycles. The molecule has 9 nitrogen and oxygen atoms in total. The fraction of sp³-hybridized carbons (Fsp3) is 0.280. The van der Waals surface area contributed by atoms with E-state index in [2.05, 4.69) is 15.5 Å². The van der Waals surface area contributed by atoms with Crippen molar-refractivity contribution in [3.8, 4) is 11.6 Å². The maximum absolute atomic E-state index is 13.4. The second kappa shape index (κ2) is 10.8. The molecule has 4 rings (SSSR count). The van der Waals surface area contributed by atoms with Gasteiger partial charge in [0.25, 0.3) is 0 Å². The lowest BCUT2D eigenvalue weighted by molar-refractivity contribution is -0.117. The van der Waals surface area contributed by atoms with Gasteiger partial charge in [-0.1, -0.05) is 12.1 Å². The Morgan fingerprint density at radius 2 is 1.77 bits per heavy atom. The van der Waals surface area contributed by atoms with Gasteiger partial charge < -0.3 is 19.7 Å². The van der Waals surface area contributed by atoms with Gasteiger partial charge in [0.15, 0.2) is 5.82 Å². The number of methoxy groups -OCH3 is 2. The molecule has 1 saturated heterocycles. The standard InChI is InChI=1S/C25H26FN5O4/c1-34-21-9-3-17(4-10-21)13-14-30-20(15-23(32)27-22-11-12-24(35-2)29-28-22)16-31(25(30)33)19-7-5-18(26)6-8-19/h3-12,20H,13-16H2,1-2H3,(H,27,28,32). The van der Waals surface area contributed by atoms with Crippen LogP contribution >= 0.6 is 0 Å². The van der Waals surface area contributed by atoms with E-state index < -0.39 is 0 Å². The van der Waals surface area contributed by atoms with E-state index in [9.17, 15) is 14.0 Å². The highest BCUT2D eigenvalue weighted by molar-refractivity contribution is 5.96. The van der Waals surface area contributed by atoms with Gasteiger partial charge in [0.2, 0.25) is 11.8 Å². The van der Waals surface area contributed by atoms with E-state index in [1.54, 1.807) is 41.2 Å². The predicted octanol–water partition coefficient (Wildman–Crippen LogP) is 3.52. The minimum Gasteiger partial charge on any atom is -0.497 e. The van der Waals surface area contributed by atoms with Crippen LogP contribution < -0.4 is 19.7 Å². The molecular weight excluding hydrogens is 453 g/mol. The number of carbonyl (C=O) groups excluding carboxylic acids is 2. The molecule has 0 bridgehead atoms. The fourth-order valence-electron chi connectivity index (χ4n) is 3.93. The van der Waals surface area contributed by atoms with Crippen molar-refractivity contribution in [3.05, 3.63) is 72.0 Å². The van der Waals surface area contributed by atoms with E-state index in [0.717, 1.165) is 11.3 Å². The summed E-state index contributed by atoms with van der Waals surface area (Å²) >= 11 is 0. The van der Waals surface area contributed by atoms with Crippen molar-refractivity contribution in [2.24, 2.45) is 0 Å². The van der Waals surface area contributed by atoms with Crippen LogP contribution in [-0.2, 0) is 11.2 Å². The SMILES string of the molecule is COc1ccc(CCN2C(=O)N(c3ccc(F)cc3)CC2CC(=O)Nc2ccc(OC)nn2)cc1. The lowest BCUT2D eigenvalue weighted by Gasteiger charge is -2.23. The molecule has 0 aliphatic carbocycles. The Labute approximate surface area is 202 Å². The number of anilines is 2. The molecule has 2 aromatic carbocycles. The third-order valence-electron chi connectivity index (χ3n) is 5.79. The third-order valence-corrected chi connectivity index (χ3v) is 5.79. The average molecular weight is 480 g/mol. The first kappa shape index (κ1) is 23.9. The number of halogens is 1. The number of amides is 3. The number of carbonyl (C=O) groups is 2. The van der Waals surface area contributed by atoms with E-state index in [1.165, 1.54) is 19.2 Å². The molecule has 10 heteroatoms. The zero-order valence-electron chi connectivity index (χ0n) is 19.5. The first-order chi connectivity index (χ1) is 17.0. The van der Waals surface area contributed by atoms with Crippen molar-refractivity contribution in [3.63, 3.8) is 0 Å². The highest BCUT2D eigenvalue weighted by Crippen LogP contribution is 2.26. The van der Waals surface area contributed by atoms with Crippen LogP contribution in [0.1, 0.15) is 12.0 Å². The number of nitrogens with zero attached hydrogens (tertiary/aromatic N) is 4. The quantitative estimate of drug-likeness (QED) is 0.505. The maximum Gasteiger partial charge on any atom is 0.324 e. The Morgan fingerprint density at radius 3 is 2.40 bits per heavy atom. The summed E-state index contributed by atoms with van der Waals surface area (Å²) < 4.78 is 23.6. The second-order valence-corrected chi connectivity index (χ2v) is 8.03. The molecule has 1 fully saturated rings. The monoisotopic (exact) mass is 479 g/mol. The topological polar surface area (TPSA) is 96.9 Å². The van der Waals surface area contributed by atoms with E-state index in [0.29, 0.717) is 36.9 Å². The number of rotatable bonds is 9. The lowest BCUT2D eigenvalue weighted by atomic mass is 10.1. The summed E-state index contributed by atoms with van der Waals surface area (Å²) in [6.45, 7) is 0.720. The Balaban J connectivity index is 1.47. The number of ether oxygens (including phenoxy) is 2. The van der Waals surface area contributed by atoms with Crippen LogP contribution in [-0.4, -0.2) is 60.4 Å². The van der Waals surface area contributed by atoms with Gasteiger partial charge in [-0.3, -0.25) is 9.69 Å². The molecule has 0 radical (unpaired) electrons. The summed E-state index contributed by atoms with van der Waals surface area (Å²) in [6, 6.07) is 16.0. The fourth-order valence-corrected chi connectivity index (χ4v) is 3.93. The normalized spacial score (nSPS) is 15.3. The van der Waals surface area contributed by atoms with Crippen molar-refractivity contribution in [1.82, 2.24) is 15.1 Å². The Kier molecular flexibility index (Phi) is 7.39. The number of nitrogens with one attached hydrogen (secondary N) is 1. The smallest absolute Gasteiger partial charge is 0.324 e. The minimum atomic E-state index is -0.381. The van der Waals surface area contributed by atoms with Gasteiger partial charge in [0.1, 0.15) is 11.6 Å². The zero-order valence-corrected chi connectivity index (χ0v) is 19.5. The predicted molar refractivity (Wildman–Crippen MR) is 128 cm³/mol. The molecule has 1 unspecified atom stereocenters. The number of hydrogen-bond donors (Lipinski definition) is 1. The molecule has 3 aromatic rings. The number of benzene rings is 2. The number of hydrogen-bond acceptors (Lipinski definition) is 6. The van der Waals surface area contributed by atoms with Gasteiger partial charge in [0.05, 0.1) is 20.3 Å². The lowest BCUT2D eigenvalue weighted by Crippen LogP contribution is -2.38. The molecule has 2 heterocycles. The van der Waals surface area contributed by atoms with Gasteiger partial charge in [-0.25, -0.2) is 9.18 Å². The van der Waals surface area contributed by atoms with Crippen molar-refractivity contribution >= 4 is 23.4 Å². The molecule has 3 amide bonds. The van der Waals surface area contributed by atoms with Crippen molar-refractivity contribution < 1.29 is 23.5 Å². The average Bonchev–Trinajstić information content (AvgIpc) is 3.18. The van der Waals surface area contributed by atoms with Crippen molar-refractivity contribution in [2.75, 3.05) is 37.5 Å². The first-order valence-corrected chi connectivity index (χ1v) is 11.1. The molecular formula is C25H26FN5O4. The Hall–Kier alpha value is -4.21. The highest BCUT2D eigenvalue weighted by Gasteiger charge is 2.38. The minimum absolute atomic E-state index is 0.0692. The number of urea groups is 1. The van der Waals surface area contributed by atoms with Gasteiger partial charge in [-0.2, -0.15) is 0 Å². The summed E-state index contributed by atoms with van der Waals surface area (Å²) in [7, 11) is 3.09. The molecule has 35 heavy (non-hydrogen) atoms. The van der Waals surface area contributed by atoms with Crippen LogP contribution in [0.2, 0.25) is 0 Å². The molecule has 0 saturated carbocycles. The number of aromatic nitrogens is 2. The highest BCUT2D eigenvalue weighted by atomic mass is 19.1. The summed E-state index contributed by atoms with van der Waals surface area (Å²) in [6.07, 6.45) is 0.675. The van der Waals surface area contributed by atoms with Gasteiger partial charge in [0, 0.05) is 31.3 Å². The molecule has 0 spiro atoms. The zero-order chi connectivity index (χ0) is 24.8. The van der Waals surface area contributed by atoms with Crippen LogP contribution in [0, 0.1) is 5.82 Å². The molecule has 182 valence electrons. The molecule has 1 aliphatic rings. The van der Waals surface area contributed by atoms with E-state index >= 15 is 0 Å².